The van der Waals surface area contributed by atoms with E-state index in [1.807, 2.05) is 17.0 Å². The van der Waals surface area contributed by atoms with Gasteiger partial charge in [0.1, 0.15) is 0 Å². The number of amides is 1. The second kappa shape index (κ2) is 12.8. The number of carbonyl (C=O) groups excluding carboxylic acids is 1. The molecular formula is C25H42N4O3S. The molecule has 0 aliphatic carbocycles. The van der Waals surface area contributed by atoms with Crippen molar-refractivity contribution in [3.8, 4) is 0 Å². The van der Waals surface area contributed by atoms with Gasteiger partial charge in [0.2, 0.25) is 15.9 Å². The quantitative estimate of drug-likeness (QED) is 0.529. The number of benzene rings is 1. The third kappa shape index (κ3) is 8.05. The number of nitrogens with zero attached hydrogens (tertiary/aromatic N) is 3. The maximum Gasteiger partial charge on any atom is 0.243 e. The Bertz CT molecular complexity index is 830. The van der Waals surface area contributed by atoms with Gasteiger partial charge < -0.3 is 15.1 Å². The van der Waals surface area contributed by atoms with E-state index in [1.54, 1.807) is 12.1 Å². The van der Waals surface area contributed by atoms with Gasteiger partial charge in [-0.25, -0.2) is 8.42 Å². The van der Waals surface area contributed by atoms with Crippen LogP contribution < -0.4 is 5.32 Å². The first-order chi connectivity index (χ1) is 15.9. The van der Waals surface area contributed by atoms with Crippen molar-refractivity contribution in [2.45, 2.75) is 57.3 Å². The number of hydrogen-bond donors (Lipinski definition) is 1. The Morgan fingerprint density at radius 2 is 1.67 bits per heavy atom. The van der Waals surface area contributed by atoms with Crippen molar-refractivity contribution in [3.05, 3.63) is 29.8 Å². The Morgan fingerprint density at radius 1 is 1.00 bits per heavy atom. The molecule has 0 bridgehead atoms. The molecule has 2 saturated heterocycles. The minimum atomic E-state index is -3.64. The van der Waals surface area contributed by atoms with Crippen molar-refractivity contribution in [1.29, 1.82) is 0 Å². The lowest BCUT2D eigenvalue weighted by molar-refractivity contribution is -0.131. The zero-order chi connectivity index (χ0) is 23.7. The normalized spacial score (nSPS) is 18.2. The smallest absolute Gasteiger partial charge is 0.243 e. The molecule has 2 fully saturated rings. The molecule has 1 aromatic rings. The molecule has 0 radical (unpaired) electrons. The molecule has 33 heavy (non-hydrogen) atoms. The van der Waals surface area contributed by atoms with E-state index in [9.17, 15) is 13.2 Å². The summed E-state index contributed by atoms with van der Waals surface area (Å²) in [5, 5.41) is 3.25. The number of sulfonamides is 1. The van der Waals surface area contributed by atoms with Gasteiger partial charge in [-0.05, 0) is 68.9 Å². The van der Waals surface area contributed by atoms with Gasteiger partial charge in [0.05, 0.1) is 4.90 Å². The van der Waals surface area contributed by atoms with Crippen LogP contribution in [0.2, 0.25) is 0 Å². The second-order valence-corrected chi connectivity index (χ2v) is 11.7. The molecule has 1 N–H and O–H groups in total. The van der Waals surface area contributed by atoms with E-state index in [2.05, 4.69) is 24.1 Å². The molecule has 7 nitrogen and oxygen atoms in total. The molecule has 0 spiro atoms. The molecule has 0 aromatic heterocycles. The third-order valence-electron chi connectivity index (χ3n) is 6.58. The van der Waals surface area contributed by atoms with E-state index in [1.165, 1.54) is 23.6 Å². The fourth-order valence-electron chi connectivity index (χ4n) is 4.72. The van der Waals surface area contributed by atoms with Crippen LogP contribution in [0, 0.1) is 5.92 Å². The Kier molecular flexibility index (Phi) is 10.2. The summed E-state index contributed by atoms with van der Waals surface area (Å²) in [4.78, 5) is 17.3. The first-order valence-corrected chi connectivity index (χ1v) is 14.1. The summed E-state index contributed by atoms with van der Waals surface area (Å²) in [6, 6.07) is 7.29. The Balaban J connectivity index is 1.66. The first kappa shape index (κ1) is 26.1. The summed E-state index contributed by atoms with van der Waals surface area (Å²) >= 11 is 0. The van der Waals surface area contributed by atoms with Crippen LogP contribution in [0.1, 0.15) is 51.5 Å². The van der Waals surface area contributed by atoms with Gasteiger partial charge in [0, 0.05) is 45.7 Å². The number of piperidine rings is 1. The SMILES string of the molecule is CC(C)Cc1ccc(S(=O)(=O)N(CCCN2CCCCC2)CCC(=O)N2CCNCC2)cc1. The molecular weight excluding hydrogens is 436 g/mol. The highest BCUT2D eigenvalue weighted by atomic mass is 32.2. The average molecular weight is 479 g/mol. The molecule has 0 saturated carbocycles. The van der Waals surface area contributed by atoms with Gasteiger partial charge in [-0.3, -0.25) is 4.79 Å². The van der Waals surface area contributed by atoms with E-state index in [0.717, 1.165) is 51.1 Å². The predicted octanol–water partition coefficient (Wildman–Crippen LogP) is 2.57. The van der Waals surface area contributed by atoms with Gasteiger partial charge in [-0.2, -0.15) is 4.31 Å². The van der Waals surface area contributed by atoms with Crippen molar-refractivity contribution in [3.63, 3.8) is 0 Å². The van der Waals surface area contributed by atoms with Crippen molar-refractivity contribution < 1.29 is 13.2 Å². The van der Waals surface area contributed by atoms with Crippen LogP contribution in [-0.2, 0) is 21.2 Å². The average Bonchev–Trinajstić information content (AvgIpc) is 2.82. The molecule has 2 heterocycles. The van der Waals surface area contributed by atoms with Gasteiger partial charge in [0.15, 0.2) is 0 Å². The minimum absolute atomic E-state index is 0.0417. The standard InChI is InChI=1S/C25H42N4O3S/c1-22(2)21-23-7-9-24(10-8-23)33(31,32)29(17-6-16-27-14-4-3-5-15-27)18-11-25(30)28-19-12-26-13-20-28/h7-10,22,26H,3-6,11-21H2,1-2H3. The van der Waals surface area contributed by atoms with Crippen molar-refractivity contribution in [2.75, 3.05) is 58.9 Å². The lowest BCUT2D eigenvalue weighted by Crippen LogP contribution is -2.47. The lowest BCUT2D eigenvalue weighted by atomic mass is 10.0. The Labute approximate surface area is 200 Å². The monoisotopic (exact) mass is 478 g/mol. The van der Waals surface area contributed by atoms with E-state index in [0.29, 0.717) is 30.4 Å². The molecule has 1 aromatic carbocycles. The summed E-state index contributed by atoms with van der Waals surface area (Å²) in [6.45, 7) is 11.1. The lowest BCUT2D eigenvalue weighted by Gasteiger charge is -2.30. The van der Waals surface area contributed by atoms with Crippen LogP contribution >= 0.6 is 0 Å². The topological polar surface area (TPSA) is 73.0 Å². The zero-order valence-corrected chi connectivity index (χ0v) is 21.3. The summed E-state index contributed by atoms with van der Waals surface area (Å²) in [7, 11) is -3.64. The van der Waals surface area contributed by atoms with Crippen LogP contribution in [0.4, 0.5) is 0 Å². The highest BCUT2D eigenvalue weighted by molar-refractivity contribution is 7.89. The fraction of sp³-hybridized carbons (Fsp3) is 0.720. The van der Waals surface area contributed by atoms with Gasteiger partial charge in [-0.1, -0.05) is 32.4 Å². The van der Waals surface area contributed by atoms with Crippen LogP contribution in [0.25, 0.3) is 0 Å². The molecule has 8 heteroatoms. The molecule has 0 unspecified atom stereocenters. The minimum Gasteiger partial charge on any atom is -0.340 e. The maximum absolute atomic E-state index is 13.5. The number of carbonyl (C=O) groups is 1. The van der Waals surface area contributed by atoms with Crippen molar-refractivity contribution in [2.24, 2.45) is 5.92 Å². The highest BCUT2D eigenvalue weighted by Crippen LogP contribution is 2.19. The van der Waals surface area contributed by atoms with Gasteiger partial charge in [-0.15, -0.1) is 0 Å². The Morgan fingerprint density at radius 3 is 2.30 bits per heavy atom. The molecule has 2 aliphatic heterocycles. The molecule has 3 rings (SSSR count). The number of piperazine rings is 1. The van der Waals surface area contributed by atoms with Gasteiger partial charge in [0.25, 0.3) is 0 Å². The molecule has 186 valence electrons. The fourth-order valence-corrected chi connectivity index (χ4v) is 6.20. The van der Waals surface area contributed by atoms with Crippen molar-refractivity contribution in [1.82, 2.24) is 19.4 Å². The second-order valence-electron chi connectivity index (χ2n) is 9.78. The largest absolute Gasteiger partial charge is 0.340 e. The van der Waals surface area contributed by atoms with Crippen molar-refractivity contribution >= 4 is 15.9 Å². The summed E-state index contributed by atoms with van der Waals surface area (Å²) in [5.41, 5.74) is 1.15. The van der Waals surface area contributed by atoms with E-state index >= 15 is 0 Å². The Hall–Kier alpha value is -1.48. The van der Waals surface area contributed by atoms with Crippen LogP contribution in [-0.4, -0.2) is 87.3 Å². The van der Waals surface area contributed by atoms with Gasteiger partial charge >= 0.3 is 0 Å². The number of nitrogens with one attached hydrogen (secondary N) is 1. The van der Waals surface area contributed by atoms with Crippen LogP contribution in [0.5, 0.6) is 0 Å². The first-order valence-electron chi connectivity index (χ1n) is 12.7. The third-order valence-corrected chi connectivity index (χ3v) is 8.49. The summed E-state index contributed by atoms with van der Waals surface area (Å²) < 4.78 is 28.6. The van der Waals surface area contributed by atoms with E-state index in [-0.39, 0.29) is 18.9 Å². The summed E-state index contributed by atoms with van der Waals surface area (Å²) in [6.07, 6.45) is 5.69. The van der Waals surface area contributed by atoms with Crippen LogP contribution in [0.3, 0.4) is 0 Å². The zero-order valence-electron chi connectivity index (χ0n) is 20.5. The van der Waals surface area contributed by atoms with Crippen LogP contribution in [0.15, 0.2) is 29.2 Å². The number of likely N-dealkylation sites (tertiary alicyclic amines) is 1. The molecule has 1 amide bonds. The summed E-state index contributed by atoms with van der Waals surface area (Å²) in [5.74, 6) is 0.565. The molecule has 0 atom stereocenters. The highest BCUT2D eigenvalue weighted by Gasteiger charge is 2.26. The number of rotatable bonds is 11. The molecule has 2 aliphatic rings. The predicted molar refractivity (Wildman–Crippen MR) is 133 cm³/mol. The number of hydrogen-bond acceptors (Lipinski definition) is 5. The maximum atomic E-state index is 13.5. The van der Waals surface area contributed by atoms with E-state index < -0.39 is 10.0 Å². The van der Waals surface area contributed by atoms with E-state index in [4.69, 9.17) is 0 Å².